The van der Waals surface area contributed by atoms with E-state index in [4.69, 9.17) is 10.00 Å². The molecule has 0 aliphatic rings. The molecule has 0 bridgehead atoms. The second kappa shape index (κ2) is 6.21. The van der Waals surface area contributed by atoms with Gasteiger partial charge in [-0.25, -0.2) is 4.98 Å². The van der Waals surface area contributed by atoms with Gasteiger partial charge in [0.15, 0.2) is 0 Å². The molecule has 0 atom stereocenters. The molecule has 0 saturated heterocycles. The number of ether oxygens (including phenoxy) is 1. The molecule has 0 aliphatic heterocycles. The molecule has 92 valence electrons. The fourth-order valence-corrected chi connectivity index (χ4v) is 1.65. The van der Waals surface area contributed by atoms with Gasteiger partial charge in [-0.1, -0.05) is 0 Å². The summed E-state index contributed by atoms with van der Waals surface area (Å²) in [5.41, 5.74) is 1.53. The standard InChI is InChI=1S/C13H19N3O/c1-10(2)16(7-8-17-4)13-12(9-14)6-5-11(3)15-13/h5-6,10H,7-8H2,1-4H3. The van der Waals surface area contributed by atoms with Crippen molar-refractivity contribution in [3.8, 4) is 6.07 Å². The van der Waals surface area contributed by atoms with Gasteiger partial charge in [0.1, 0.15) is 11.9 Å². The summed E-state index contributed by atoms with van der Waals surface area (Å²) in [6.07, 6.45) is 0. The molecule has 1 rings (SSSR count). The molecule has 0 aliphatic carbocycles. The average molecular weight is 233 g/mol. The molecule has 0 radical (unpaired) electrons. The van der Waals surface area contributed by atoms with Gasteiger partial charge in [-0.15, -0.1) is 0 Å². The van der Waals surface area contributed by atoms with E-state index in [1.54, 1.807) is 7.11 Å². The molecule has 4 nitrogen and oxygen atoms in total. The first-order valence-electron chi connectivity index (χ1n) is 5.73. The van der Waals surface area contributed by atoms with Gasteiger partial charge in [0, 0.05) is 25.4 Å². The zero-order valence-electron chi connectivity index (χ0n) is 10.9. The summed E-state index contributed by atoms with van der Waals surface area (Å²) in [6, 6.07) is 6.15. The van der Waals surface area contributed by atoms with Crippen molar-refractivity contribution in [1.82, 2.24) is 4.98 Å². The smallest absolute Gasteiger partial charge is 0.147 e. The van der Waals surface area contributed by atoms with Gasteiger partial charge in [0.05, 0.1) is 12.2 Å². The number of methoxy groups -OCH3 is 1. The lowest BCUT2D eigenvalue weighted by Crippen LogP contribution is -2.35. The first kappa shape index (κ1) is 13.5. The Morgan fingerprint density at radius 3 is 2.71 bits per heavy atom. The Kier molecular flexibility index (Phi) is 4.92. The van der Waals surface area contributed by atoms with E-state index >= 15 is 0 Å². The van der Waals surface area contributed by atoms with E-state index in [9.17, 15) is 0 Å². The molecule has 0 amide bonds. The third-order valence-electron chi connectivity index (χ3n) is 2.57. The first-order valence-corrected chi connectivity index (χ1v) is 5.73. The highest BCUT2D eigenvalue weighted by atomic mass is 16.5. The van der Waals surface area contributed by atoms with Crippen molar-refractivity contribution >= 4 is 5.82 Å². The van der Waals surface area contributed by atoms with Gasteiger partial charge in [-0.05, 0) is 32.9 Å². The maximum absolute atomic E-state index is 9.12. The van der Waals surface area contributed by atoms with Crippen LogP contribution in [0, 0.1) is 18.3 Å². The number of hydrogen-bond acceptors (Lipinski definition) is 4. The average Bonchev–Trinajstić information content (AvgIpc) is 2.29. The van der Waals surface area contributed by atoms with Gasteiger partial charge < -0.3 is 9.64 Å². The Labute approximate surface area is 103 Å². The minimum atomic E-state index is 0.284. The highest BCUT2D eigenvalue weighted by Crippen LogP contribution is 2.19. The zero-order chi connectivity index (χ0) is 12.8. The largest absolute Gasteiger partial charge is 0.383 e. The predicted octanol–water partition coefficient (Wildman–Crippen LogP) is 2.12. The van der Waals surface area contributed by atoms with Crippen molar-refractivity contribution < 1.29 is 4.74 Å². The molecular weight excluding hydrogens is 214 g/mol. The number of nitriles is 1. The lowest BCUT2D eigenvalue weighted by atomic mass is 10.2. The van der Waals surface area contributed by atoms with Crippen LogP contribution in [0.1, 0.15) is 25.1 Å². The van der Waals surface area contributed by atoms with Crippen LogP contribution in [0.3, 0.4) is 0 Å². The number of rotatable bonds is 5. The van der Waals surface area contributed by atoms with Crippen LogP contribution in [0.2, 0.25) is 0 Å². The molecule has 1 heterocycles. The Hall–Kier alpha value is -1.60. The van der Waals surface area contributed by atoms with Crippen LogP contribution in [0.25, 0.3) is 0 Å². The van der Waals surface area contributed by atoms with Crippen molar-refractivity contribution in [2.24, 2.45) is 0 Å². The van der Waals surface area contributed by atoms with Crippen LogP contribution in [-0.4, -0.2) is 31.3 Å². The van der Waals surface area contributed by atoms with Gasteiger partial charge in [-0.2, -0.15) is 5.26 Å². The van der Waals surface area contributed by atoms with Crippen LogP contribution >= 0.6 is 0 Å². The fraction of sp³-hybridized carbons (Fsp3) is 0.538. The molecular formula is C13H19N3O. The van der Waals surface area contributed by atoms with E-state index in [2.05, 4.69) is 29.8 Å². The number of anilines is 1. The van der Waals surface area contributed by atoms with Crippen molar-refractivity contribution in [3.63, 3.8) is 0 Å². The molecule has 0 saturated carbocycles. The lowest BCUT2D eigenvalue weighted by molar-refractivity contribution is 0.203. The minimum Gasteiger partial charge on any atom is -0.383 e. The molecule has 0 unspecified atom stereocenters. The summed E-state index contributed by atoms with van der Waals surface area (Å²) >= 11 is 0. The quantitative estimate of drug-likeness (QED) is 0.781. The Bertz CT molecular complexity index is 410. The Morgan fingerprint density at radius 1 is 1.47 bits per heavy atom. The topological polar surface area (TPSA) is 49.1 Å². The number of nitrogens with zero attached hydrogens (tertiary/aromatic N) is 3. The first-order chi connectivity index (χ1) is 8.10. The minimum absolute atomic E-state index is 0.284. The zero-order valence-corrected chi connectivity index (χ0v) is 10.9. The molecule has 17 heavy (non-hydrogen) atoms. The number of hydrogen-bond donors (Lipinski definition) is 0. The van der Waals surface area contributed by atoms with E-state index in [1.165, 1.54) is 0 Å². The molecule has 0 spiro atoms. The fourth-order valence-electron chi connectivity index (χ4n) is 1.65. The monoisotopic (exact) mass is 233 g/mol. The van der Waals surface area contributed by atoms with Crippen LogP contribution in [0.15, 0.2) is 12.1 Å². The Balaban J connectivity index is 3.08. The normalized spacial score (nSPS) is 10.4. The number of aromatic nitrogens is 1. The third-order valence-corrected chi connectivity index (χ3v) is 2.57. The van der Waals surface area contributed by atoms with Crippen LogP contribution in [-0.2, 0) is 4.74 Å². The molecule has 4 heteroatoms. The van der Waals surface area contributed by atoms with Gasteiger partial charge in [-0.3, -0.25) is 0 Å². The van der Waals surface area contributed by atoms with Gasteiger partial charge >= 0.3 is 0 Å². The van der Waals surface area contributed by atoms with Crippen molar-refractivity contribution in [3.05, 3.63) is 23.4 Å². The van der Waals surface area contributed by atoms with Crippen LogP contribution < -0.4 is 4.90 Å². The van der Waals surface area contributed by atoms with E-state index in [-0.39, 0.29) is 6.04 Å². The molecule has 1 aromatic rings. The molecule has 0 N–H and O–H groups in total. The second-order valence-electron chi connectivity index (χ2n) is 4.22. The summed E-state index contributed by atoms with van der Waals surface area (Å²) < 4.78 is 5.10. The van der Waals surface area contributed by atoms with E-state index in [0.717, 1.165) is 18.1 Å². The maximum atomic E-state index is 9.12. The summed E-state index contributed by atoms with van der Waals surface area (Å²) in [4.78, 5) is 6.56. The van der Waals surface area contributed by atoms with Crippen molar-refractivity contribution in [2.45, 2.75) is 26.8 Å². The summed E-state index contributed by atoms with van der Waals surface area (Å²) in [6.45, 7) is 7.46. The second-order valence-corrected chi connectivity index (χ2v) is 4.22. The highest BCUT2D eigenvalue weighted by Gasteiger charge is 2.15. The highest BCUT2D eigenvalue weighted by molar-refractivity contribution is 5.54. The van der Waals surface area contributed by atoms with E-state index < -0.39 is 0 Å². The summed E-state index contributed by atoms with van der Waals surface area (Å²) in [5, 5.41) is 9.12. The van der Waals surface area contributed by atoms with Crippen LogP contribution in [0.4, 0.5) is 5.82 Å². The SMILES string of the molecule is COCCN(c1nc(C)ccc1C#N)C(C)C. The Morgan fingerprint density at radius 2 is 2.18 bits per heavy atom. The third kappa shape index (κ3) is 3.43. The lowest BCUT2D eigenvalue weighted by Gasteiger charge is -2.28. The van der Waals surface area contributed by atoms with E-state index in [1.807, 2.05) is 19.1 Å². The summed E-state index contributed by atoms with van der Waals surface area (Å²) in [7, 11) is 1.67. The summed E-state index contributed by atoms with van der Waals surface area (Å²) in [5.74, 6) is 0.750. The molecule has 1 aromatic heterocycles. The molecule has 0 aromatic carbocycles. The van der Waals surface area contributed by atoms with E-state index in [0.29, 0.717) is 12.2 Å². The number of aryl methyl sites for hydroxylation is 1. The van der Waals surface area contributed by atoms with Crippen molar-refractivity contribution in [2.75, 3.05) is 25.2 Å². The number of pyridine rings is 1. The van der Waals surface area contributed by atoms with Gasteiger partial charge in [0.2, 0.25) is 0 Å². The molecule has 0 fully saturated rings. The predicted molar refractivity (Wildman–Crippen MR) is 68.0 cm³/mol. The van der Waals surface area contributed by atoms with Crippen LogP contribution in [0.5, 0.6) is 0 Å². The maximum Gasteiger partial charge on any atom is 0.147 e. The van der Waals surface area contributed by atoms with Gasteiger partial charge in [0.25, 0.3) is 0 Å². The van der Waals surface area contributed by atoms with Crippen molar-refractivity contribution in [1.29, 1.82) is 5.26 Å².